The minimum Gasteiger partial charge on any atom is -0.484 e. The van der Waals surface area contributed by atoms with Crippen molar-refractivity contribution < 1.29 is 14.3 Å². The van der Waals surface area contributed by atoms with Crippen LogP contribution in [0.3, 0.4) is 0 Å². The Morgan fingerprint density at radius 1 is 0.842 bits per heavy atom. The van der Waals surface area contributed by atoms with E-state index in [0.29, 0.717) is 22.6 Å². The van der Waals surface area contributed by atoms with E-state index < -0.39 is 0 Å². The van der Waals surface area contributed by atoms with Gasteiger partial charge in [-0.3, -0.25) is 9.59 Å². The van der Waals surface area contributed by atoms with Gasteiger partial charge in [0.1, 0.15) is 5.75 Å². The molecule has 1 aromatic heterocycles. The lowest BCUT2D eigenvalue weighted by Crippen LogP contribution is -2.33. The van der Waals surface area contributed by atoms with Crippen LogP contribution in [0.1, 0.15) is 35.7 Å². The van der Waals surface area contributed by atoms with Gasteiger partial charge in [-0.15, -0.1) is 10.2 Å². The van der Waals surface area contributed by atoms with Gasteiger partial charge in [-0.2, -0.15) is 0 Å². The molecule has 5 rings (SSSR count). The summed E-state index contributed by atoms with van der Waals surface area (Å²) in [5.41, 5.74) is 3.57. The Morgan fingerprint density at radius 2 is 1.53 bits per heavy atom. The predicted octanol–water partition coefficient (Wildman–Crippen LogP) is 5.63. The molecule has 1 fully saturated rings. The summed E-state index contributed by atoms with van der Waals surface area (Å²) < 4.78 is 5.59. The van der Waals surface area contributed by atoms with Crippen molar-refractivity contribution in [2.45, 2.75) is 19.8 Å². The molecule has 2 heterocycles. The molecular formula is C31H30N4O3. The van der Waals surface area contributed by atoms with Crippen LogP contribution in [-0.2, 0) is 4.79 Å². The molecule has 1 aliphatic rings. The highest BCUT2D eigenvalue weighted by Crippen LogP contribution is 2.24. The maximum absolute atomic E-state index is 12.5. The average Bonchev–Trinajstić information content (AvgIpc) is 2.97. The van der Waals surface area contributed by atoms with Gasteiger partial charge in [-0.25, -0.2) is 0 Å². The van der Waals surface area contributed by atoms with Crippen LogP contribution in [0.15, 0.2) is 91.0 Å². The second kappa shape index (κ2) is 11.7. The molecule has 0 aliphatic carbocycles. The van der Waals surface area contributed by atoms with E-state index in [0.717, 1.165) is 36.1 Å². The van der Waals surface area contributed by atoms with Gasteiger partial charge >= 0.3 is 0 Å². The van der Waals surface area contributed by atoms with Gasteiger partial charge in [-0.05, 0) is 67.3 Å². The van der Waals surface area contributed by atoms with Crippen molar-refractivity contribution in [2.24, 2.45) is 5.92 Å². The van der Waals surface area contributed by atoms with E-state index in [1.165, 1.54) is 12.8 Å². The lowest BCUT2D eigenvalue weighted by Gasteiger charge is -2.30. The quantitative estimate of drug-likeness (QED) is 0.312. The second-order valence-corrected chi connectivity index (χ2v) is 9.58. The molecule has 3 aromatic carbocycles. The first kappa shape index (κ1) is 25.1. The first-order chi connectivity index (χ1) is 18.5. The van der Waals surface area contributed by atoms with E-state index in [-0.39, 0.29) is 18.3 Å². The molecule has 7 heteroatoms. The lowest BCUT2D eigenvalue weighted by atomic mass is 9.99. The molecule has 0 atom stereocenters. The van der Waals surface area contributed by atoms with E-state index in [1.54, 1.807) is 36.4 Å². The van der Waals surface area contributed by atoms with Gasteiger partial charge in [0.05, 0.1) is 5.69 Å². The number of hydrogen-bond acceptors (Lipinski definition) is 6. The Bertz CT molecular complexity index is 1360. The van der Waals surface area contributed by atoms with Crippen molar-refractivity contribution in [3.05, 3.63) is 102 Å². The minimum absolute atomic E-state index is 0.0584. The molecule has 38 heavy (non-hydrogen) atoms. The van der Waals surface area contributed by atoms with Crippen LogP contribution in [0.2, 0.25) is 0 Å². The monoisotopic (exact) mass is 506 g/mol. The third kappa shape index (κ3) is 6.24. The first-order valence-electron chi connectivity index (χ1n) is 12.9. The van der Waals surface area contributed by atoms with Gasteiger partial charge in [0.25, 0.3) is 5.91 Å². The Labute approximate surface area is 222 Å². The summed E-state index contributed by atoms with van der Waals surface area (Å²) in [7, 11) is 0. The fourth-order valence-corrected chi connectivity index (χ4v) is 4.41. The van der Waals surface area contributed by atoms with E-state index in [4.69, 9.17) is 4.74 Å². The maximum atomic E-state index is 12.5. The van der Waals surface area contributed by atoms with Gasteiger partial charge < -0.3 is 15.0 Å². The number of carbonyl (C=O) groups excluding carboxylic acids is 2. The van der Waals surface area contributed by atoms with Crippen LogP contribution in [0.5, 0.6) is 5.75 Å². The molecule has 4 aromatic rings. The zero-order valence-electron chi connectivity index (χ0n) is 21.3. The van der Waals surface area contributed by atoms with Crippen LogP contribution in [0.25, 0.3) is 11.3 Å². The fourth-order valence-electron chi connectivity index (χ4n) is 4.41. The van der Waals surface area contributed by atoms with E-state index in [2.05, 4.69) is 27.3 Å². The second-order valence-electron chi connectivity index (χ2n) is 9.58. The summed E-state index contributed by atoms with van der Waals surface area (Å²) in [5, 5.41) is 11.7. The highest BCUT2D eigenvalue weighted by molar-refractivity contribution is 6.09. The summed E-state index contributed by atoms with van der Waals surface area (Å²) in [6, 6.07) is 27.4. The highest BCUT2D eigenvalue weighted by Gasteiger charge is 2.17. The van der Waals surface area contributed by atoms with Gasteiger partial charge in [0.2, 0.25) is 0 Å². The van der Waals surface area contributed by atoms with Crippen molar-refractivity contribution in [2.75, 3.05) is 29.9 Å². The molecule has 1 aliphatic heterocycles. The number of amides is 1. The number of piperidine rings is 1. The van der Waals surface area contributed by atoms with Crippen LogP contribution in [0.4, 0.5) is 11.5 Å². The number of benzene rings is 3. The van der Waals surface area contributed by atoms with Crippen molar-refractivity contribution in [3.63, 3.8) is 0 Å². The lowest BCUT2D eigenvalue weighted by molar-refractivity contribution is -0.118. The standard InChI is InChI=1S/C31H30N4O3/c1-22-17-19-35(20-18-22)29-16-15-28(33-34-29)23-7-11-26(12-8-23)32-30(36)21-38-27-13-9-25(10-14-27)31(37)24-5-3-2-4-6-24/h2-16,22H,17-21H2,1H3,(H,32,36). The number of anilines is 2. The van der Waals surface area contributed by atoms with Crippen molar-refractivity contribution in [3.8, 4) is 17.0 Å². The van der Waals surface area contributed by atoms with Crippen LogP contribution in [-0.4, -0.2) is 41.6 Å². The van der Waals surface area contributed by atoms with Crippen LogP contribution < -0.4 is 15.0 Å². The third-order valence-corrected chi connectivity index (χ3v) is 6.74. The van der Waals surface area contributed by atoms with Gasteiger partial charge in [0, 0.05) is 35.5 Å². The summed E-state index contributed by atoms with van der Waals surface area (Å²) in [6.07, 6.45) is 2.37. The van der Waals surface area contributed by atoms with E-state index in [9.17, 15) is 9.59 Å². The normalized spacial score (nSPS) is 13.7. The Hall–Kier alpha value is -4.52. The van der Waals surface area contributed by atoms with Gasteiger partial charge in [0.15, 0.2) is 18.2 Å². The Balaban J connectivity index is 1.11. The number of ketones is 1. The molecule has 0 spiro atoms. The molecule has 1 amide bonds. The van der Waals surface area contributed by atoms with Crippen molar-refractivity contribution >= 4 is 23.2 Å². The molecule has 0 radical (unpaired) electrons. The zero-order valence-corrected chi connectivity index (χ0v) is 21.3. The molecule has 1 N–H and O–H groups in total. The highest BCUT2D eigenvalue weighted by atomic mass is 16.5. The van der Waals surface area contributed by atoms with Crippen molar-refractivity contribution in [1.82, 2.24) is 10.2 Å². The predicted molar refractivity (Wildman–Crippen MR) is 149 cm³/mol. The summed E-state index contributed by atoms with van der Waals surface area (Å²) in [4.78, 5) is 27.2. The number of ether oxygens (including phenoxy) is 1. The van der Waals surface area contributed by atoms with Crippen LogP contribution >= 0.6 is 0 Å². The third-order valence-electron chi connectivity index (χ3n) is 6.74. The number of rotatable bonds is 8. The summed E-state index contributed by atoms with van der Waals surface area (Å²) >= 11 is 0. The maximum Gasteiger partial charge on any atom is 0.262 e. The number of carbonyl (C=O) groups is 2. The molecule has 192 valence electrons. The van der Waals surface area contributed by atoms with E-state index in [1.807, 2.05) is 54.6 Å². The first-order valence-corrected chi connectivity index (χ1v) is 12.9. The molecular weight excluding hydrogens is 476 g/mol. The summed E-state index contributed by atoms with van der Waals surface area (Å²) in [6.45, 7) is 4.19. The number of nitrogens with zero attached hydrogens (tertiary/aromatic N) is 3. The fraction of sp³-hybridized carbons (Fsp3) is 0.226. The van der Waals surface area contributed by atoms with Gasteiger partial charge in [-0.1, -0.05) is 49.4 Å². The van der Waals surface area contributed by atoms with Crippen molar-refractivity contribution in [1.29, 1.82) is 0 Å². The molecule has 0 unspecified atom stereocenters. The smallest absolute Gasteiger partial charge is 0.262 e. The summed E-state index contributed by atoms with van der Waals surface area (Å²) in [5.74, 6) is 1.87. The molecule has 7 nitrogen and oxygen atoms in total. The topological polar surface area (TPSA) is 84.4 Å². The average molecular weight is 507 g/mol. The molecule has 0 saturated carbocycles. The van der Waals surface area contributed by atoms with Crippen LogP contribution in [0, 0.1) is 5.92 Å². The minimum atomic E-state index is -0.276. The van der Waals surface area contributed by atoms with E-state index >= 15 is 0 Å². The number of hydrogen-bond donors (Lipinski definition) is 1. The SMILES string of the molecule is CC1CCN(c2ccc(-c3ccc(NC(=O)COc4ccc(C(=O)c5ccccc5)cc4)cc3)nn2)CC1. The Morgan fingerprint density at radius 3 is 2.18 bits per heavy atom. The number of aromatic nitrogens is 2. The molecule has 0 bridgehead atoms. The zero-order chi connectivity index (χ0) is 26.3. The number of nitrogens with one attached hydrogen (secondary N) is 1. The molecule has 1 saturated heterocycles. The Kier molecular flexibility index (Phi) is 7.73. The largest absolute Gasteiger partial charge is 0.484 e.